The van der Waals surface area contributed by atoms with Gasteiger partial charge in [0, 0.05) is 32.3 Å². The van der Waals surface area contributed by atoms with Crippen molar-refractivity contribution in [3.63, 3.8) is 0 Å². The minimum Gasteiger partial charge on any atom is -0.487 e. The average Bonchev–Trinajstić information content (AvgIpc) is 2.70. The molecule has 0 aromatic heterocycles. The number of carbonyl (C=O) groups is 1. The van der Waals surface area contributed by atoms with Crippen LogP contribution in [0.5, 0.6) is 5.75 Å². The lowest BCUT2D eigenvalue weighted by molar-refractivity contribution is -0.148. The molecule has 6 nitrogen and oxygen atoms in total. The Balaban J connectivity index is 0.00000300. The third-order valence-electron chi connectivity index (χ3n) is 4.88. The molecule has 1 unspecified atom stereocenters. The van der Waals surface area contributed by atoms with Gasteiger partial charge in [0.1, 0.15) is 11.9 Å². The van der Waals surface area contributed by atoms with Crippen molar-refractivity contribution in [3.8, 4) is 5.75 Å². The minimum absolute atomic E-state index is 0. The summed E-state index contributed by atoms with van der Waals surface area (Å²) in [5.41, 5.74) is 3.14. The van der Waals surface area contributed by atoms with Crippen LogP contribution in [-0.4, -0.2) is 73.1 Å². The van der Waals surface area contributed by atoms with E-state index in [0.29, 0.717) is 6.42 Å². The first-order valence-corrected chi connectivity index (χ1v) is 9.66. The number of fused-ring (bicyclic) bond motifs is 1. The highest BCUT2D eigenvalue weighted by Gasteiger charge is 2.21. The first kappa shape index (κ1) is 23.3. The van der Waals surface area contributed by atoms with Crippen molar-refractivity contribution in [1.82, 2.24) is 0 Å². The van der Waals surface area contributed by atoms with Crippen LogP contribution in [-0.2, 0) is 16.0 Å². The number of carboxylic acid groups (broad SMARTS) is 1. The van der Waals surface area contributed by atoms with E-state index in [2.05, 4.69) is 23.2 Å². The quantitative estimate of drug-likeness (QED) is 0.489. The second-order valence-electron chi connectivity index (χ2n) is 7.09. The van der Waals surface area contributed by atoms with Crippen LogP contribution in [0, 0.1) is 0 Å². The number of nitrogens with zero attached hydrogens (tertiary/aromatic N) is 1. The second-order valence-corrected chi connectivity index (χ2v) is 7.09. The molecule has 0 spiro atoms. The monoisotopic (exact) mass is 410 g/mol. The fourth-order valence-corrected chi connectivity index (χ4v) is 3.44. The molecule has 3 rings (SSSR count). The summed E-state index contributed by atoms with van der Waals surface area (Å²) in [6.07, 6.45) is 0.753. The van der Waals surface area contributed by atoms with Crippen LogP contribution in [0.2, 0.25) is 0 Å². The summed E-state index contributed by atoms with van der Waals surface area (Å²) in [6.45, 7) is 4.82. The van der Waals surface area contributed by atoms with Crippen molar-refractivity contribution in [3.05, 3.63) is 54.1 Å². The Morgan fingerprint density at radius 1 is 1.28 bits per heavy atom. The van der Waals surface area contributed by atoms with Gasteiger partial charge in [-0.05, 0) is 43.2 Å². The molecule has 2 N–H and O–H groups in total. The molecule has 0 aliphatic carbocycles. The highest BCUT2D eigenvalue weighted by Crippen LogP contribution is 2.32. The Hall–Kier alpha value is -1.96. The summed E-state index contributed by atoms with van der Waals surface area (Å²) in [5, 5.41) is 12.5. The Morgan fingerprint density at radius 3 is 2.69 bits per heavy atom. The minimum atomic E-state index is -0.941. The van der Waals surface area contributed by atoms with Gasteiger partial charge in [-0.3, -0.25) is 0 Å². The topological polar surface area (TPSA) is 71.0 Å². The molecule has 0 amide bonds. The number of para-hydroxylation sites is 2. The lowest BCUT2D eigenvalue weighted by Gasteiger charge is -2.35. The second kappa shape index (κ2) is 11.3. The molecule has 154 valence electrons. The molecule has 1 aliphatic rings. The molecule has 2 atom stereocenters. The van der Waals surface area contributed by atoms with Gasteiger partial charge >= 0.3 is 29.0 Å². The average molecular weight is 411 g/mol. The number of nitrogens with one attached hydrogen (secondary N) is 1. The van der Waals surface area contributed by atoms with Crippen molar-refractivity contribution in [2.24, 2.45) is 0 Å². The van der Waals surface area contributed by atoms with Gasteiger partial charge in [-0.2, -0.15) is 0 Å². The summed E-state index contributed by atoms with van der Waals surface area (Å²) >= 11 is 0. The number of rotatable bonds is 9. The van der Waals surface area contributed by atoms with E-state index in [9.17, 15) is 4.79 Å². The zero-order valence-corrected chi connectivity index (χ0v) is 16.4. The summed E-state index contributed by atoms with van der Waals surface area (Å²) in [6, 6.07) is 16.0. The maximum absolute atomic E-state index is 11.1. The van der Waals surface area contributed by atoms with Gasteiger partial charge in [-0.25, -0.2) is 4.79 Å². The highest BCUT2D eigenvalue weighted by molar-refractivity contribution is 5.75. The SMILES string of the molecule is CO[C@@H](Cc1ccc(NCCCN2CC(C)Oc3ccccc32)cc1)C(=O)O.[MgH2]. The molecular weight excluding hydrogens is 381 g/mol. The number of benzene rings is 2. The van der Waals surface area contributed by atoms with E-state index in [-0.39, 0.29) is 29.2 Å². The van der Waals surface area contributed by atoms with Crippen LogP contribution in [0.1, 0.15) is 18.9 Å². The number of anilines is 2. The zero-order valence-electron chi connectivity index (χ0n) is 16.4. The van der Waals surface area contributed by atoms with Gasteiger partial charge < -0.3 is 24.8 Å². The van der Waals surface area contributed by atoms with E-state index in [0.717, 1.165) is 48.7 Å². The number of carboxylic acids is 1. The van der Waals surface area contributed by atoms with Crippen LogP contribution in [0.15, 0.2) is 48.5 Å². The van der Waals surface area contributed by atoms with E-state index >= 15 is 0 Å². The normalized spacial score (nSPS) is 16.2. The van der Waals surface area contributed by atoms with E-state index in [4.69, 9.17) is 14.6 Å². The maximum Gasteiger partial charge on any atom is 0.333 e. The van der Waals surface area contributed by atoms with Crippen LogP contribution in [0.4, 0.5) is 11.4 Å². The largest absolute Gasteiger partial charge is 0.487 e. The lowest BCUT2D eigenvalue weighted by atomic mass is 10.1. The molecular formula is C22H30MgN2O4. The van der Waals surface area contributed by atoms with E-state index in [1.807, 2.05) is 42.5 Å². The molecule has 0 saturated carbocycles. The molecule has 1 heterocycles. The molecule has 0 saturated heterocycles. The maximum atomic E-state index is 11.1. The lowest BCUT2D eigenvalue weighted by Crippen LogP contribution is -2.39. The van der Waals surface area contributed by atoms with Gasteiger partial charge in [0.25, 0.3) is 0 Å². The molecule has 2 aromatic rings. The Morgan fingerprint density at radius 2 is 2.00 bits per heavy atom. The smallest absolute Gasteiger partial charge is 0.333 e. The Kier molecular flexibility index (Phi) is 9.07. The van der Waals surface area contributed by atoms with Crippen LogP contribution in [0.25, 0.3) is 0 Å². The Labute approximate surface area is 188 Å². The van der Waals surface area contributed by atoms with Crippen LogP contribution in [0.3, 0.4) is 0 Å². The van der Waals surface area contributed by atoms with Gasteiger partial charge in [-0.15, -0.1) is 0 Å². The number of hydrogen-bond acceptors (Lipinski definition) is 5. The molecule has 0 radical (unpaired) electrons. The van der Waals surface area contributed by atoms with E-state index in [1.165, 1.54) is 7.11 Å². The van der Waals surface area contributed by atoms with Crippen LogP contribution < -0.4 is 15.0 Å². The summed E-state index contributed by atoms with van der Waals surface area (Å²) in [7, 11) is 1.42. The third-order valence-corrected chi connectivity index (χ3v) is 4.88. The third kappa shape index (κ3) is 6.52. The van der Waals surface area contributed by atoms with Crippen molar-refractivity contribution >= 4 is 40.4 Å². The standard InChI is InChI=1S/C22H28N2O4.Mg.2H/c1-16-15-24(19-6-3-4-7-20(19)28-16)13-5-12-23-18-10-8-17(9-11-18)14-21(27-2)22(25)26;;;/h3-4,6-11,16,21,23H,5,12-15H2,1-2H3,(H,25,26);;;/t16?,21-;;;/m0.../s1. The fraction of sp³-hybridized carbons (Fsp3) is 0.409. The fourth-order valence-electron chi connectivity index (χ4n) is 3.44. The first-order valence-electron chi connectivity index (χ1n) is 9.66. The van der Waals surface area contributed by atoms with Gasteiger partial charge in [0.2, 0.25) is 0 Å². The molecule has 1 aliphatic heterocycles. The van der Waals surface area contributed by atoms with Crippen molar-refractivity contribution in [2.45, 2.75) is 32.0 Å². The van der Waals surface area contributed by atoms with E-state index in [1.54, 1.807) is 0 Å². The highest BCUT2D eigenvalue weighted by atomic mass is 24.3. The predicted molar refractivity (Wildman–Crippen MR) is 119 cm³/mol. The van der Waals surface area contributed by atoms with Gasteiger partial charge in [0.05, 0.1) is 12.2 Å². The summed E-state index contributed by atoms with van der Waals surface area (Å²) in [5.74, 6) is 0.0178. The summed E-state index contributed by atoms with van der Waals surface area (Å²) < 4.78 is 10.9. The number of hydrogen-bond donors (Lipinski definition) is 2. The predicted octanol–water partition coefficient (Wildman–Crippen LogP) is 2.50. The van der Waals surface area contributed by atoms with Gasteiger partial charge in [0.15, 0.2) is 6.10 Å². The van der Waals surface area contributed by atoms with Gasteiger partial charge in [-0.1, -0.05) is 24.3 Å². The van der Waals surface area contributed by atoms with Crippen molar-refractivity contribution in [1.29, 1.82) is 0 Å². The zero-order chi connectivity index (χ0) is 19.9. The molecule has 7 heteroatoms. The Bertz CT molecular complexity index is 785. The van der Waals surface area contributed by atoms with Crippen LogP contribution >= 0.6 is 0 Å². The number of ether oxygens (including phenoxy) is 2. The first-order chi connectivity index (χ1) is 13.6. The molecule has 0 fully saturated rings. The number of aliphatic carboxylic acids is 1. The summed E-state index contributed by atoms with van der Waals surface area (Å²) in [4.78, 5) is 13.4. The van der Waals surface area contributed by atoms with Crippen molar-refractivity contribution in [2.75, 3.05) is 37.0 Å². The molecule has 2 aromatic carbocycles. The molecule has 29 heavy (non-hydrogen) atoms. The number of methoxy groups -OCH3 is 1. The van der Waals surface area contributed by atoms with E-state index < -0.39 is 12.1 Å². The van der Waals surface area contributed by atoms with Crippen molar-refractivity contribution < 1.29 is 19.4 Å². The molecule has 0 bridgehead atoms.